The minimum absolute atomic E-state index is 0.199. The first kappa shape index (κ1) is 22.1. The molecule has 0 atom stereocenters. The molecule has 33 heavy (non-hydrogen) atoms. The van der Waals surface area contributed by atoms with E-state index in [1.54, 1.807) is 24.3 Å². The van der Waals surface area contributed by atoms with Gasteiger partial charge in [-0.3, -0.25) is 14.5 Å². The largest absolute Gasteiger partial charge is 0.494 e. The van der Waals surface area contributed by atoms with Gasteiger partial charge in [0.25, 0.3) is 11.8 Å². The zero-order valence-electron chi connectivity index (χ0n) is 19.4. The van der Waals surface area contributed by atoms with Crippen LogP contribution in [0.2, 0.25) is 0 Å². The van der Waals surface area contributed by atoms with E-state index in [0.29, 0.717) is 11.1 Å². The van der Waals surface area contributed by atoms with Crippen LogP contribution in [0.15, 0.2) is 61.2 Å². The molecule has 2 amide bonds. The second-order valence-corrected chi connectivity index (χ2v) is 10.4. The van der Waals surface area contributed by atoms with E-state index in [9.17, 15) is 14.7 Å². The molecule has 1 saturated heterocycles. The average Bonchev–Trinajstić information content (AvgIpc) is 3.14. The number of benzene rings is 2. The normalized spacial score (nSPS) is 29.7. The summed E-state index contributed by atoms with van der Waals surface area (Å²) in [6, 6.07) is 14.4. The highest BCUT2D eigenvalue weighted by Gasteiger charge is 2.61. The van der Waals surface area contributed by atoms with Crippen molar-refractivity contribution in [2.24, 2.45) is 0 Å². The number of carbonyl (C=O) groups excluding carboxylic acids is 2. The molecule has 0 spiro atoms. The number of carbonyl (C=O) groups is 2. The van der Waals surface area contributed by atoms with Crippen molar-refractivity contribution in [3.05, 3.63) is 77.9 Å². The Hall–Kier alpha value is -2.74. The molecule has 170 valence electrons. The van der Waals surface area contributed by atoms with Crippen LogP contribution in [-0.4, -0.2) is 45.7 Å². The summed E-state index contributed by atoms with van der Waals surface area (Å²) in [5.74, 6) is -0.673. The predicted octanol–water partition coefficient (Wildman–Crippen LogP) is 3.19. The van der Waals surface area contributed by atoms with Crippen molar-refractivity contribution in [2.75, 3.05) is 0 Å². The first-order valence-electron chi connectivity index (χ1n) is 11.2. The summed E-state index contributed by atoms with van der Waals surface area (Å²) in [5, 5.41) is 10.8. The molecule has 2 aromatic carbocycles. The van der Waals surface area contributed by atoms with Gasteiger partial charge in [-0.05, 0) is 50.9 Å². The Balaban J connectivity index is 1.51. The van der Waals surface area contributed by atoms with Gasteiger partial charge in [-0.1, -0.05) is 42.5 Å². The highest BCUT2D eigenvalue weighted by molar-refractivity contribution is 6.62. The number of hydrogen-bond acceptors (Lipinski definition) is 5. The van der Waals surface area contributed by atoms with E-state index in [1.165, 1.54) is 11.0 Å². The minimum Gasteiger partial charge on any atom is -0.399 e. The molecule has 5 rings (SSSR count). The van der Waals surface area contributed by atoms with Crippen LogP contribution in [-0.2, 0) is 14.8 Å². The van der Waals surface area contributed by atoms with Crippen molar-refractivity contribution >= 4 is 24.4 Å². The maximum absolute atomic E-state index is 13.3. The van der Waals surface area contributed by atoms with Crippen molar-refractivity contribution in [2.45, 2.75) is 62.9 Å². The summed E-state index contributed by atoms with van der Waals surface area (Å²) in [6.45, 7) is 11.8. The van der Waals surface area contributed by atoms with Gasteiger partial charge < -0.3 is 14.4 Å². The Morgan fingerprint density at radius 1 is 0.909 bits per heavy atom. The number of imide groups is 1. The third-order valence-electron chi connectivity index (χ3n) is 7.77. The van der Waals surface area contributed by atoms with Crippen LogP contribution in [0, 0.1) is 0 Å². The van der Waals surface area contributed by atoms with E-state index in [2.05, 4.69) is 6.58 Å². The minimum atomic E-state index is -1.14. The summed E-state index contributed by atoms with van der Waals surface area (Å²) in [6.07, 6.45) is 1.89. The van der Waals surface area contributed by atoms with Gasteiger partial charge in [0.15, 0.2) is 0 Å². The standard InChI is InChI=1S/C26H28BNO5/c1-6-25(31)15-26(16-25,28-21(29)19-9-7-8-10-20(19)22(28)30)17-11-13-18(14-12-17)27-32-23(2,3)24(4,5)33-27/h6-14,31H,1,15-16H2,2-5H3/t25-,26+. The number of fused-ring (bicyclic) bond motifs is 1. The molecule has 0 bridgehead atoms. The van der Waals surface area contributed by atoms with Crippen LogP contribution in [0.1, 0.15) is 66.8 Å². The van der Waals surface area contributed by atoms with Crippen molar-refractivity contribution in [3.63, 3.8) is 0 Å². The number of amides is 2. The predicted molar refractivity (Wildman–Crippen MR) is 125 cm³/mol. The van der Waals surface area contributed by atoms with Crippen LogP contribution >= 0.6 is 0 Å². The molecule has 6 nitrogen and oxygen atoms in total. The lowest BCUT2D eigenvalue weighted by Crippen LogP contribution is -2.64. The number of rotatable bonds is 4. The van der Waals surface area contributed by atoms with E-state index >= 15 is 0 Å². The first-order valence-corrected chi connectivity index (χ1v) is 11.2. The highest BCUT2D eigenvalue weighted by atomic mass is 16.7. The van der Waals surface area contributed by atoms with E-state index in [1.807, 2.05) is 52.0 Å². The summed E-state index contributed by atoms with van der Waals surface area (Å²) >= 11 is 0. The van der Waals surface area contributed by atoms with Gasteiger partial charge in [0.1, 0.15) is 0 Å². The highest BCUT2D eigenvalue weighted by Crippen LogP contribution is 2.55. The molecular weight excluding hydrogens is 417 g/mol. The molecule has 1 aliphatic carbocycles. The van der Waals surface area contributed by atoms with Gasteiger partial charge in [-0.2, -0.15) is 0 Å². The lowest BCUT2D eigenvalue weighted by molar-refractivity contribution is -0.0989. The molecule has 7 heteroatoms. The monoisotopic (exact) mass is 445 g/mol. The van der Waals surface area contributed by atoms with Crippen molar-refractivity contribution in [3.8, 4) is 0 Å². The zero-order chi connectivity index (χ0) is 23.8. The third-order valence-corrected chi connectivity index (χ3v) is 7.77. The van der Waals surface area contributed by atoms with Crippen molar-refractivity contribution < 1.29 is 24.0 Å². The molecule has 3 aliphatic rings. The maximum atomic E-state index is 13.3. The maximum Gasteiger partial charge on any atom is 0.494 e. The summed E-state index contributed by atoms with van der Waals surface area (Å²) in [4.78, 5) is 27.9. The molecule has 2 aliphatic heterocycles. The van der Waals surface area contributed by atoms with E-state index in [4.69, 9.17) is 9.31 Å². The van der Waals surface area contributed by atoms with Crippen LogP contribution in [0.5, 0.6) is 0 Å². The second-order valence-electron chi connectivity index (χ2n) is 10.4. The van der Waals surface area contributed by atoms with Gasteiger partial charge >= 0.3 is 7.12 Å². The summed E-state index contributed by atoms with van der Waals surface area (Å²) in [7, 11) is -0.509. The smallest absolute Gasteiger partial charge is 0.399 e. The molecule has 2 fully saturated rings. The van der Waals surface area contributed by atoms with Gasteiger partial charge in [0, 0.05) is 12.8 Å². The molecule has 2 aromatic rings. The van der Waals surface area contributed by atoms with Crippen LogP contribution < -0.4 is 5.46 Å². The number of nitrogens with zero attached hydrogens (tertiary/aromatic N) is 1. The third kappa shape index (κ3) is 3.06. The summed E-state index contributed by atoms with van der Waals surface area (Å²) in [5.41, 5.74) is -0.575. The Kier molecular flexibility index (Phi) is 4.61. The molecule has 0 radical (unpaired) electrons. The Morgan fingerprint density at radius 3 is 1.85 bits per heavy atom. The fraction of sp³-hybridized carbons (Fsp3) is 0.385. The summed E-state index contributed by atoms with van der Waals surface area (Å²) < 4.78 is 12.3. The Bertz CT molecular complexity index is 1110. The molecular formula is C26H28BNO5. The van der Waals surface area contributed by atoms with Crippen LogP contribution in [0.25, 0.3) is 0 Å². The van der Waals surface area contributed by atoms with Crippen molar-refractivity contribution in [1.29, 1.82) is 0 Å². The molecule has 2 heterocycles. The molecule has 1 saturated carbocycles. The zero-order valence-corrected chi connectivity index (χ0v) is 19.4. The van der Waals surface area contributed by atoms with Gasteiger partial charge in [-0.15, -0.1) is 6.58 Å². The van der Waals surface area contributed by atoms with Crippen molar-refractivity contribution in [1.82, 2.24) is 4.90 Å². The quantitative estimate of drug-likeness (QED) is 0.445. The fourth-order valence-electron chi connectivity index (χ4n) is 5.10. The lowest BCUT2D eigenvalue weighted by Gasteiger charge is -2.55. The number of hydrogen-bond donors (Lipinski definition) is 1. The molecule has 0 unspecified atom stereocenters. The van der Waals surface area contributed by atoms with Crippen LogP contribution in [0.3, 0.4) is 0 Å². The number of aliphatic hydroxyl groups is 1. The fourth-order valence-corrected chi connectivity index (χ4v) is 5.10. The first-order chi connectivity index (χ1) is 15.4. The van der Waals surface area contributed by atoms with Gasteiger partial charge in [-0.25, -0.2) is 0 Å². The lowest BCUT2D eigenvalue weighted by atomic mass is 9.60. The van der Waals surface area contributed by atoms with E-state index in [-0.39, 0.29) is 24.7 Å². The van der Waals surface area contributed by atoms with E-state index < -0.39 is 29.5 Å². The second kappa shape index (κ2) is 6.89. The van der Waals surface area contributed by atoms with Gasteiger partial charge in [0.05, 0.1) is 33.5 Å². The van der Waals surface area contributed by atoms with Gasteiger partial charge in [0.2, 0.25) is 0 Å². The molecule has 0 aromatic heterocycles. The van der Waals surface area contributed by atoms with Crippen LogP contribution in [0.4, 0.5) is 0 Å². The molecule has 1 N–H and O–H groups in total. The topological polar surface area (TPSA) is 76.1 Å². The Labute approximate surface area is 194 Å². The SMILES string of the molecule is C=C[C@]1(O)C[C@@](c2ccc(B3OC(C)(C)C(C)(C)O3)cc2)(N2C(=O)c3ccccc3C2=O)C1. The average molecular weight is 445 g/mol. The Morgan fingerprint density at radius 2 is 1.39 bits per heavy atom. The van der Waals surface area contributed by atoms with E-state index in [0.717, 1.165) is 11.0 Å².